The fourth-order valence-electron chi connectivity index (χ4n) is 1.95. The number of benzene rings is 2. The molecule has 0 aliphatic carbocycles. The monoisotopic (exact) mass is 300 g/mol. The third-order valence-corrected chi connectivity index (χ3v) is 5.69. The van der Waals surface area contributed by atoms with Crippen LogP contribution in [-0.2, 0) is 4.57 Å². The second-order valence-electron chi connectivity index (χ2n) is 4.08. The summed E-state index contributed by atoms with van der Waals surface area (Å²) in [6.07, 6.45) is 0. The van der Waals surface area contributed by atoms with Crippen LogP contribution in [0, 0.1) is 0 Å². The lowest BCUT2D eigenvalue weighted by Crippen LogP contribution is -2.28. The molecule has 0 saturated carbocycles. The first-order valence-electron chi connectivity index (χ1n) is 5.77. The van der Waals surface area contributed by atoms with Gasteiger partial charge in [0, 0.05) is 5.30 Å². The molecule has 0 heterocycles. The van der Waals surface area contributed by atoms with Gasteiger partial charge in [-0.05, 0) is 12.1 Å². The Bertz CT molecular complexity index is 638. The normalized spacial score (nSPS) is 14.6. The Hall–Kier alpha value is -1.74. The van der Waals surface area contributed by atoms with Crippen LogP contribution in [0.4, 0.5) is 13.2 Å². The minimum Gasteiger partial charge on any atom is -0.496 e. The number of para-hydroxylation sites is 1. The first-order chi connectivity index (χ1) is 9.41. The van der Waals surface area contributed by atoms with E-state index in [1.165, 1.54) is 55.6 Å². The van der Waals surface area contributed by atoms with Gasteiger partial charge in [-0.15, -0.1) is 0 Å². The molecule has 0 aliphatic rings. The van der Waals surface area contributed by atoms with Crippen LogP contribution < -0.4 is 15.3 Å². The summed E-state index contributed by atoms with van der Waals surface area (Å²) in [4.78, 5) is 0. The lowest BCUT2D eigenvalue weighted by Gasteiger charge is -2.23. The quantitative estimate of drug-likeness (QED) is 0.811. The Morgan fingerprint density at radius 3 is 2.05 bits per heavy atom. The molecule has 2 aromatic carbocycles. The fraction of sp³-hybridized carbons (Fsp3) is 0.143. The molecular formula is C14H12F3O2P. The van der Waals surface area contributed by atoms with Crippen molar-refractivity contribution in [2.75, 3.05) is 7.11 Å². The highest BCUT2D eigenvalue weighted by atomic mass is 31.2. The van der Waals surface area contributed by atoms with Gasteiger partial charge in [0.15, 0.2) is 0 Å². The van der Waals surface area contributed by atoms with E-state index in [4.69, 9.17) is 4.74 Å². The number of hydrogen-bond donors (Lipinski definition) is 0. The summed E-state index contributed by atoms with van der Waals surface area (Å²) in [5, 5.41) is -0.585. The fourth-order valence-corrected chi connectivity index (χ4v) is 4.16. The van der Waals surface area contributed by atoms with Crippen LogP contribution in [0.1, 0.15) is 0 Å². The molecule has 20 heavy (non-hydrogen) atoms. The van der Waals surface area contributed by atoms with E-state index in [0.717, 1.165) is 0 Å². The van der Waals surface area contributed by atoms with Crippen molar-refractivity contribution in [1.29, 1.82) is 0 Å². The van der Waals surface area contributed by atoms with E-state index in [2.05, 4.69) is 0 Å². The van der Waals surface area contributed by atoms with Gasteiger partial charge >= 0.3 is 5.92 Å². The molecule has 0 aliphatic heterocycles. The average Bonchev–Trinajstić information content (AvgIpc) is 2.46. The zero-order valence-electron chi connectivity index (χ0n) is 10.6. The van der Waals surface area contributed by atoms with E-state index < -0.39 is 13.1 Å². The molecule has 2 rings (SSSR count). The Morgan fingerprint density at radius 2 is 1.50 bits per heavy atom. The van der Waals surface area contributed by atoms with Crippen LogP contribution in [0.5, 0.6) is 5.75 Å². The number of rotatable bonds is 3. The summed E-state index contributed by atoms with van der Waals surface area (Å²) in [7, 11) is -3.53. The van der Waals surface area contributed by atoms with Crippen LogP contribution >= 0.6 is 7.14 Å². The average molecular weight is 300 g/mol. The summed E-state index contributed by atoms with van der Waals surface area (Å²) in [5.74, 6) is -4.90. The van der Waals surface area contributed by atoms with Gasteiger partial charge in [0.25, 0.3) is 0 Å². The first kappa shape index (κ1) is 14.7. The molecule has 0 bridgehead atoms. The van der Waals surface area contributed by atoms with Crippen molar-refractivity contribution in [2.24, 2.45) is 0 Å². The van der Waals surface area contributed by atoms with Gasteiger partial charge < -0.3 is 9.30 Å². The minimum absolute atomic E-state index is 0.0305. The number of ether oxygens (including phenoxy) is 1. The topological polar surface area (TPSA) is 26.3 Å². The molecule has 0 unspecified atom stereocenters. The molecule has 0 spiro atoms. The third kappa shape index (κ3) is 2.34. The van der Waals surface area contributed by atoms with Crippen molar-refractivity contribution in [1.82, 2.24) is 0 Å². The van der Waals surface area contributed by atoms with Crippen LogP contribution in [-0.4, -0.2) is 13.0 Å². The molecule has 6 heteroatoms. The highest BCUT2D eigenvalue weighted by molar-refractivity contribution is 7.79. The van der Waals surface area contributed by atoms with Crippen molar-refractivity contribution in [3.05, 3.63) is 54.6 Å². The molecule has 106 valence electrons. The van der Waals surface area contributed by atoms with E-state index in [9.17, 15) is 17.7 Å². The van der Waals surface area contributed by atoms with Gasteiger partial charge in [-0.2, -0.15) is 13.2 Å². The zero-order valence-corrected chi connectivity index (χ0v) is 11.5. The summed E-state index contributed by atoms with van der Waals surface area (Å²) in [6, 6.07) is 12.4. The second-order valence-corrected chi connectivity index (χ2v) is 6.81. The maximum atomic E-state index is 13.5. The molecule has 0 N–H and O–H groups in total. The molecule has 0 fully saturated rings. The Kier molecular flexibility index (Phi) is 3.91. The first-order valence-corrected chi connectivity index (χ1v) is 7.48. The van der Waals surface area contributed by atoms with Gasteiger partial charge in [-0.25, -0.2) is 0 Å². The Labute approximate surface area is 114 Å². The molecule has 2 nitrogen and oxygen atoms in total. The standard InChI is InChI=1S/C14H12F3O2P/c1-19-12-9-5-6-10-13(12)20(18,14(15,16)17)11-7-3-2-4-8-11/h2-10H,1H3/t20-/m0/s1. The van der Waals surface area contributed by atoms with Crippen LogP contribution in [0.25, 0.3) is 0 Å². The molecule has 0 aromatic heterocycles. The third-order valence-electron chi connectivity index (χ3n) is 2.90. The van der Waals surface area contributed by atoms with Crippen molar-refractivity contribution in [3.8, 4) is 5.75 Å². The maximum Gasteiger partial charge on any atom is 0.448 e. The van der Waals surface area contributed by atoms with Gasteiger partial charge in [0.2, 0.25) is 7.14 Å². The Balaban J connectivity index is 2.76. The summed E-state index contributed by atoms with van der Waals surface area (Å²) >= 11 is 0. The van der Waals surface area contributed by atoms with Crippen LogP contribution in [0.15, 0.2) is 54.6 Å². The largest absolute Gasteiger partial charge is 0.496 e. The zero-order chi connectivity index (χ0) is 14.8. The predicted molar refractivity (Wildman–Crippen MR) is 72.4 cm³/mol. The lowest BCUT2D eigenvalue weighted by molar-refractivity contribution is -0.0437. The Morgan fingerprint density at radius 1 is 0.950 bits per heavy atom. The van der Waals surface area contributed by atoms with Crippen molar-refractivity contribution in [3.63, 3.8) is 0 Å². The van der Waals surface area contributed by atoms with Crippen molar-refractivity contribution < 1.29 is 22.5 Å². The number of methoxy groups -OCH3 is 1. The maximum absolute atomic E-state index is 13.5. The predicted octanol–water partition coefficient (Wildman–Crippen LogP) is 3.53. The SMILES string of the molecule is COc1ccccc1[P@@](=O)(c1ccccc1)C(F)(F)F. The van der Waals surface area contributed by atoms with E-state index in [-0.39, 0.29) is 16.4 Å². The van der Waals surface area contributed by atoms with Gasteiger partial charge in [0.05, 0.1) is 12.4 Å². The molecule has 0 radical (unpaired) electrons. The molecule has 0 amide bonds. The highest BCUT2D eigenvalue weighted by Gasteiger charge is 2.54. The summed E-state index contributed by atoms with van der Waals surface area (Å²) in [5.41, 5.74) is 0. The van der Waals surface area contributed by atoms with Crippen molar-refractivity contribution >= 4 is 17.8 Å². The molecular weight excluding hydrogens is 288 g/mol. The van der Waals surface area contributed by atoms with E-state index in [1.54, 1.807) is 6.07 Å². The van der Waals surface area contributed by atoms with Gasteiger partial charge in [-0.1, -0.05) is 42.5 Å². The number of alkyl halides is 3. The van der Waals surface area contributed by atoms with Crippen LogP contribution in [0.2, 0.25) is 0 Å². The van der Waals surface area contributed by atoms with Gasteiger partial charge in [-0.3, -0.25) is 0 Å². The molecule has 1 atom stereocenters. The number of hydrogen-bond acceptors (Lipinski definition) is 2. The summed E-state index contributed by atoms with van der Waals surface area (Å²) in [6.45, 7) is 0. The summed E-state index contributed by atoms with van der Waals surface area (Å²) < 4.78 is 58.2. The van der Waals surface area contributed by atoms with Crippen molar-refractivity contribution in [2.45, 2.75) is 5.92 Å². The molecule has 0 saturated heterocycles. The van der Waals surface area contributed by atoms with E-state index >= 15 is 0 Å². The van der Waals surface area contributed by atoms with E-state index in [1.807, 2.05) is 0 Å². The highest BCUT2D eigenvalue weighted by Crippen LogP contribution is 2.60. The smallest absolute Gasteiger partial charge is 0.448 e. The minimum atomic E-state index is -4.87. The second kappa shape index (κ2) is 5.33. The van der Waals surface area contributed by atoms with Crippen LogP contribution in [0.3, 0.4) is 0 Å². The van der Waals surface area contributed by atoms with Gasteiger partial charge in [0.1, 0.15) is 5.75 Å². The number of halogens is 3. The molecule has 2 aromatic rings. The van der Waals surface area contributed by atoms with E-state index in [0.29, 0.717) is 0 Å². The lowest BCUT2D eigenvalue weighted by atomic mass is 10.3.